The second-order valence-electron chi connectivity index (χ2n) is 5.22. The summed E-state index contributed by atoms with van der Waals surface area (Å²) in [4.78, 5) is 18.7. The number of aliphatic hydroxyl groups excluding tert-OH is 1. The lowest BCUT2D eigenvalue weighted by Gasteiger charge is -2.35. The van der Waals surface area contributed by atoms with Crippen LogP contribution in [0, 0.1) is 23.3 Å². The van der Waals surface area contributed by atoms with E-state index in [1.165, 1.54) is 0 Å². The van der Waals surface area contributed by atoms with Gasteiger partial charge in [0, 0.05) is 26.4 Å². The molecule has 0 fully saturated rings. The van der Waals surface area contributed by atoms with E-state index in [1.54, 1.807) is 0 Å². The van der Waals surface area contributed by atoms with Crippen molar-refractivity contribution >= 4 is 6.29 Å². The summed E-state index contributed by atoms with van der Waals surface area (Å²) in [6, 6.07) is 0.929. The molecular weight excluding hydrogens is 360 g/mol. The number of hydrogen-bond donors (Lipinski definition) is 1. The Labute approximate surface area is 145 Å². The first-order valence-electron chi connectivity index (χ1n) is 7.15. The van der Waals surface area contributed by atoms with Gasteiger partial charge in [0.15, 0.2) is 17.7 Å². The Balaban J connectivity index is 2.58. The fraction of sp³-hybridized carbons (Fsp3) is 0.312. The summed E-state index contributed by atoms with van der Waals surface area (Å²) in [6.07, 6.45) is -2.42. The van der Waals surface area contributed by atoms with Crippen molar-refractivity contribution in [1.82, 2.24) is 9.97 Å². The molecule has 0 aliphatic carbocycles. The van der Waals surface area contributed by atoms with Crippen molar-refractivity contribution in [2.24, 2.45) is 0 Å². The second-order valence-corrected chi connectivity index (χ2v) is 5.22. The molecule has 0 aliphatic heterocycles. The standard InChI is InChI=1S/C16H14F4N2O4/c1-25-13(12-10(19)3-8(17)5-21-12)15(24)16(7-23,26-2)14-11(20)4-9(18)6-22-14/h3-7,13,15,24H,1-2H3. The Bertz CT molecular complexity index is 808. The van der Waals surface area contributed by atoms with E-state index < -0.39 is 52.5 Å². The van der Waals surface area contributed by atoms with Gasteiger partial charge in [0.2, 0.25) is 0 Å². The molecule has 0 aliphatic rings. The number of hydrogen-bond acceptors (Lipinski definition) is 6. The van der Waals surface area contributed by atoms with Crippen LogP contribution in [0.15, 0.2) is 24.5 Å². The smallest absolute Gasteiger partial charge is 0.196 e. The fourth-order valence-corrected chi connectivity index (χ4v) is 2.48. The predicted molar refractivity (Wildman–Crippen MR) is 78.8 cm³/mol. The number of rotatable bonds is 7. The van der Waals surface area contributed by atoms with E-state index in [0.29, 0.717) is 24.5 Å². The van der Waals surface area contributed by atoms with Gasteiger partial charge in [-0.1, -0.05) is 0 Å². The van der Waals surface area contributed by atoms with Gasteiger partial charge in [-0.2, -0.15) is 0 Å². The number of methoxy groups -OCH3 is 2. The molecule has 10 heteroatoms. The van der Waals surface area contributed by atoms with Gasteiger partial charge in [-0.05, 0) is 0 Å². The number of aromatic nitrogens is 2. The van der Waals surface area contributed by atoms with Crippen molar-refractivity contribution in [3.8, 4) is 0 Å². The molecule has 0 radical (unpaired) electrons. The average Bonchev–Trinajstić information content (AvgIpc) is 2.60. The van der Waals surface area contributed by atoms with E-state index in [1.807, 2.05) is 0 Å². The number of carbonyl (C=O) groups is 1. The third kappa shape index (κ3) is 3.43. The zero-order valence-electron chi connectivity index (χ0n) is 13.6. The highest BCUT2D eigenvalue weighted by Gasteiger charge is 2.49. The monoisotopic (exact) mass is 374 g/mol. The highest BCUT2D eigenvalue weighted by atomic mass is 19.1. The Morgan fingerprint density at radius 2 is 1.65 bits per heavy atom. The number of carbonyl (C=O) groups excluding carboxylic acids is 1. The lowest BCUT2D eigenvalue weighted by atomic mass is 9.87. The lowest BCUT2D eigenvalue weighted by molar-refractivity contribution is -0.169. The van der Waals surface area contributed by atoms with E-state index in [2.05, 4.69) is 9.97 Å². The van der Waals surface area contributed by atoms with Crippen LogP contribution in [-0.2, 0) is 19.9 Å². The molecule has 6 nitrogen and oxygen atoms in total. The first-order chi connectivity index (χ1) is 12.3. The predicted octanol–water partition coefficient (Wildman–Crippen LogP) is 1.82. The molecule has 1 N–H and O–H groups in total. The highest BCUT2D eigenvalue weighted by Crippen LogP contribution is 2.36. The fourth-order valence-electron chi connectivity index (χ4n) is 2.48. The summed E-state index contributed by atoms with van der Waals surface area (Å²) >= 11 is 0. The van der Waals surface area contributed by atoms with Crippen LogP contribution in [0.4, 0.5) is 17.6 Å². The molecule has 2 rings (SSSR count). The van der Waals surface area contributed by atoms with Crippen LogP contribution in [-0.4, -0.2) is 41.7 Å². The first kappa shape index (κ1) is 19.9. The summed E-state index contributed by atoms with van der Waals surface area (Å²) in [5, 5.41) is 10.6. The molecule has 2 heterocycles. The molecule has 0 bridgehead atoms. The van der Waals surface area contributed by atoms with E-state index in [0.717, 1.165) is 14.2 Å². The van der Waals surface area contributed by atoms with Gasteiger partial charge in [-0.3, -0.25) is 14.8 Å². The van der Waals surface area contributed by atoms with Crippen LogP contribution in [0.3, 0.4) is 0 Å². The zero-order chi connectivity index (χ0) is 19.5. The van der Waals surface area contributed by atoms with E-state index in [-0.39, 0.29) is 6.29 Å². The Morgan fingerprint density at radius 1 is 1.08 bits per heavy atom. The molecule has 2 aromatic heterocycles. The van der Waals surface area contributed by atoms with Gasteiger partial charge in [0.1, 0.15) is 41.0 Å². The molecule has 0 saturated carbocycles. The van der Waals surface area contributed by atoms with E-state index in [4.69, 9.17) is 9.47 Å². The van der Waals surface area contributed by atoms with Gasteiger partial charge < -0.3 is 14.6 Å². The number of halogens is 4. The molecule has 2 aromatic rings. The van der Waals surface area contributed by atoms with Crippen LogP contribution in [0.5, 0.6) is 0 Å². The molecule has 3 atom stereocenters. The Hall–Kier alpha value is -2.43. The molecule has 140 valence electrons. The molecule has 0 saturated heterocycles. The lowest BCUT2D eigenvalue weighted by Crippen LogP contribution is -2.48. The summed E-state index contributed by atoms with van der Waals surface area (Å²) in [7, 11) is 2.02. The van der Waals surface area contributed by atoms with Crippen molar-refractivity contribution in [2.75, 3.05) is 14.2 Å². The van der Waals surface area contributed by atoms with Crippen molar-refractivity contribution in [2.45, 2.75) is 17.8 Å². The molecule has 26 heavy (non-hydrogen) atoms. The van der Waals surface area contributed by atoms with Crippen molar-refractivity contribution in [3.63, 3.8) is 0 Å². The minimum absolute atomic E-state index is 0.0223. The molecule has 0 spiro atoms. The van der Waals surface area contributed by atoms with E-state index >= 15 is 0 Å². The average molecular weight is 374 g/mol. The summed E-state index contributed by atoms with van der Waals surface area (Å²) in [5.41, 5.74) is -3.76. The van der Waals surface area contributed by atoms with Crippen LogP contribution in [0.1, 0.15) is 17.5 Å². The number of aldehydes is 1. The summed E-state index contributed by atoms with van der Waals surface area (Å²) in [5.74, 6) is -4.44. The van der Waals surface area contributed by atoms with Gasteiger partial charge >= 0.3 is 0 Å². The molecule has 0 amide bonds. The Kier molecular flexibility index (Phi) is 6.01. The topological polar surface area (TPSA) is 81.5 Å². The number of pyridine rings is 2. The highest BCUT2D eigenvalue weighted by molar-refractivity contribution is 5.67. The largest absolute Gasteiger partial charge is 0.386 e. The summed E-state index contributed by atoms with van der Waals surface area (Å²) < 4.78 is 64.3. The SMILES string of the molecule is COC(c1ncc(F)cc1F)C(O)C(C=O)(OC)c1ncc(F)cc1F. The van der Waals surface area contributed by atoms with Crippen molar-refractivity contribution in [3.05, 3.63) is 59.2 Å². The maximum absolute atomic E-state index is 14.1. The maximum Gasteiger partial charge on any atom is 0.196 e. The van der Waals surface area contributed by atoms with Crippen LogP contribution in [0.25, 0.3) is 0 Å². The van der Waals surface area contributed by atoms with Gasteiger partial charge in [-0.25, -0.2) is 17.6 Å². The Morgan fingerprint density at radius 3 is 2.12 bits per heavy atom. The number of nitrogens with zero attached hydrogens (tertiary/aromatic N) is 2. The molecule has 3 unspecified atom stereocenters. The quantitative estimate of drug-likeness (QED) is 0.588. The van der Waals surface area contributed by atoms with Crippen LogP contribution in [0.2, 0.25) is 0 Å². The third-order valence-electron chi connectivity index (χ3n) is 3.78. The van der Waals surface area contributed by atoms with Gasteiger partial charge in [-0.15, -0.1) is 0 Å². The second kappa shape index (κ2) is 7.85. The summed E-state index contributed by atoms with van der Waals surface area (Å²) in [6.45, 7) is 0. The van der Waals surface area contributed by atoms with Crippen molar-refractivity contribution in [1.29, 1.82) is 0 Å². The molecular formula is C16H14F4N2O4. The van der Waals surface area contributed by atoms with Crippen LogP contribution >= 0.6 is 0 Å². The normalized spacial score (nSPS) is 16.0. The van der Waals surface area contributed by atoms with Gasteiger partial charge in [0.25, 0.3) is 0 Å². The van der Waals surface area contributed by atoms with Gasteiger partial charge in [0.05, 0.1) is 12.4 Å². The number of ether oxygens (including phenoxy) is 2. The zero-order valence-corrected chi connectivity index (χ0v) is 13.6. The minimum atomic E-state index is -2.47. The molecule has 0 aromatic carbocycles. The van der Waals surface area contributed by atoms with E-state index in [9.17, 15) is 27.5 Å². The first-order valence-corrected chi connectivity index (χ1v) is 7.15. The number of aliphatic hydroxyl groups is 1. The maximum atomic E-state index is 14.1. The third-order valence-corrected chi connectivity index (χ3v) is 3.78. The van der Waals surface area contributed by atoms with Crippen LogP contribution < -0.4 is 0 Å². The van der Waals surface area contributed by atoms with Crippen molar-refractivity contribution < 1.29 is 36.9 Å². The minimum Gasteiger partial charge on any atom is -0.386 e.